The van der Waals surface area contributed by atoms with Crippen molar-refractivity contribution in [3.63, 3.8) is 0 Å². The molecule has 0 aliphatic heterocycles. The largest absolute Gasteiger partial charge is 0.822 e. The Hall–Kier alpha value is -0.250. The summed E-state index contributed by atoms with van der Waals surface area (Å²) in [6, 6.07) is 31.9. The van der Waals surface area contributed by atoms with Crippen molar-refractivity contribution < 1.29 is 32.7 Å². The molecule has 0 aliphatic rings. The first-order chi connectivity index (χ1) is 23.1. The van der Waals surface area contributed by atoms with Gasteiger partial charge in [-0.15, -0.1) is 0 Å². The smallest absolute Gasteiger partial charge is 0.187 e. The lowest BCUT2D eigenvalue weighted by atomic mass is 10.4. The van der Waals surface area contributed by atoms with E-state index in [4.69, 9.17) is 19.2 Å². The van der Waals surface area contributed by atoms with Crippen LogP contribution in [0.2, 0.25) is 0 Å². The van der Waals surface area contributed by atoms with Gasteiger partial charge >= 0.3 is 0 Å². The molecule has 3 aromatic carbocycles. The highest BCUT2D eigenvalue weighted by atomic mass is 32.2. The number of quaternary nitrogens is 3. The second kappa shape index (κ2) is 25.7. The summed E-state index contributed by atoms with van der Waals surface area (Å²) in [6.45, 7) is 6.66. The van der Waals surface area contributed by atoms with Crippen LogP contribution in [0.4, 0.5) is 0 Å². The molecule has 284 valence electrons. The molecule has 7 nitrogen and oxygen atoms in total. The van der Waals surface area contributed by atoms with Crippen molar-refractivity contribution in [1.29, 1.82) is 0 Å². The maximum atomic E-state index is 8.55. The van der Waals surface area contributed by atoms with Crippen LogP contribution in [0.25, 0.3) is 0 Å². The maximum absolute atomic E-state index is 8.55. The minimum Gasteiger partial charge on any atom is -0.822 e. The molecule has 0 bridgehead atoms. The monoisotopic (exact) mass is 821 g/mol. The molecule has 0 aliphatic carbocycles. The van der Waals surface area contributed by atoms with Crippen molar-refractivity contribution in [1.82, 2.24) is 0 Å². The Morgan fingerprint density at radius 1 is 0.460 bits per heavy atom. The molecule has 0 amide bonds. The molecular weight excluding hydrogens is 762 g/mol. The third-order valence-corrected chi connectivity index (χ3v) is 15.7. The van der Waals surface area contributed by atoms with Gasteiger partial charge in [0.15, 0.2) is 14.1 Å². The number of rotatable bonds is 15. The normalized spacial score (nSPS) is 13.7. The summed E-state index contributed by atoms with van der Waals surface area (Å²) in [5, 5.41) is 0. The molecule has 3 aromatic rings. The molecular formula is C36H60N3O4PS6. The molecule has 3 unspecified atom stereocenters. The van der Waals surface area contributed by atoms with E-state index in [2.05, 4.69) is 175 Å². The first-order valence-corrected chi connectivity index (χ1v) is 23.5. The highest BCUT2D eigenvalue weighted by Gasteiger charge is 2.26. The lowest BCUT2D eigenvalue weighted by Crippen LogP contribution is -2.41. The summed E-state index contributed by atoms with van der Waals surface area (Å²) >= 11 is 11.9. The van der Waals surface area contributed by atoms with E-state index in [0.717, 1.165) is 13.4 Å². The van der Waals surface area contributed by atoms with Gasteiger partial charge in [0.2, 0.25) is 0 Å². The topological polar surface area (TPSA) is 86.2 Å². The second-order valence-electron chi connectivity index (χ2n) is 13.4. The number of thioether (sulfide) groups is 6. The van der Waals surface area contributed by atoms with Crippen LogP contribution in [0.5, 0.6) is 0 Å². The quantitative estimate of drug-likeness (QED) is 0.0657. The van der Waals surface area contributed by atoms with Crippen molar-refractivity contribution in [3.8, 4) is 0 Å². The van der Waals surface area contributed by atoms with Crippen molar-refractivity contribution in [2.45, 2.75) is 49.6 Å². The van der Waals surface area contributed by atoms with Gasteiger partial charge in [-0.25, -0.2) is 0 Å². The summed E-state index contributed by atoms with van der Waals surface area (Å²) in [6.07, 6.45) is 0. The fourth-order valence-electron chi connectivity index (χ4n) is 3.52. The molecule has 0 aromatic heterocycles. The van der Waals surface area contributed by atoms with E-state index in [1.165, 1.54) is 31.9 Å². The van der Waals surface area contributed by atoms with Gasteiger partial charge in [0, 0.05) is 14.7 Å². The molecule has 14 heteroatoms. The molecule has 50 heavy (non-hydrogen) atoms. The zero-order chi connectivity index (χ0) is 38.4. The van der Waals surface area contributed by atoms with Crippen LogP contribution in [0, 0.1) is 0 Å². The van der Waals surface area contributed by atoms with Crippen LogP contribution in [-0.4, -0.2) is 108 Å². The van der Waals surface area contributed by atoms with Gasteiger partial charge in [-0.05, 0) is 53.7 Å². The fourth-order valence-corrected chi connectivity index (χ4v) is 11.3. The van der Waals surface area contributed by atoms with Crippen LogP contribution in [0.15, 0.2) is 106 Å². The number of hydrogen-bond acceptors (Lipinski definition) is 10. The van der Waals surface area contributed by atoms with Gasteiger partial charge in [0.05, 0.1) is 63.4 Å². The predicted molar refractivity (Wildman–Crippen MR) is 224 cm³/mol. The minimum absolute atomic E-state index is 0.567. The molecule has 0 saturated carbocycles. The number of phosphoric acid groups is 1. The second-order valence-corrected chi connectivity index (χ2v) is 22.7. The van der Waals surface area contributed by atoms with Gasteiger partial charge in [0.1, 0.15) is 0 Å². The summed E-state index contributed by atoms with van der Waals surface area (Å²) in [7, 11) is 14.9. The molecule has 3 rings (SSSR count). The molecule has 3 atom stereocenters. The third kappa shape index (κ3) is 26.5. The zero-order valence-corrected chi connectivity index (χ0v) is 37.7. The highest BCUT2D eigenvalue weighted by Crippen LogP contribution is 2.36. The zero-order valence-electron chi connectivity index (χ0n) is 31.9. The summed E-state index contributed by atoms with van der Waals surface area (Å²) < 4.78 is 13.2. The van der Waals surface area contributed by atoms with Crippen LogP contribution >= 0.6 is 78.4 Å². The van der Waals surface area contributed by atoms with E-state index in [-0.39, 0.29) is 0 Å². The van der Waals surface area contributed by atoms with Gasteiger partial charge in [-0.2, -0.15) is 7.82 Å². The summed E-state index contributed by atoms with van der Waals surface area (Å²) in [5.41, 5.74) is 0. The standard InChI is InChI=1S/3C12H20NS2.H3O4P/c3*1-5-14-12(13(2,3)4)15-11-9-7-6-8-10-11;1-5(2,3)4/h3*6-10,12H,5H2,1-4H3;(H3,1,2,3,4)/q3*+1;/p-3. The Bertz CT molecular complexity index is 1150. The van der Waals surface area contributed by atoms with Crippen LogP contribution in [-0.2, 0) is 4.57 Å². The molecule has 0 saturated heterocycles. The number of hydrogen-bond donors (Lipinski definition) is 0. The predicted octanol–water partition coefficient (Wildman–Crippen LogP) is 7.74. The van der Waals surface area contributed by atoms with Crippen molar-refractivity contribution in [3.05, 3.63) is 91.0 Å². The summed E-state index contributed by atoms with van der Waals surface area (Å²) in [5.74, 6) is 3.50. The average Bonchev–Trinajstić information content (AvgIpc) is 3.01. The minimum atomic E-state index is -5.39. The molecule has 0 fully saturated rings. The Morgan fingerprint density at radius 2 is 0.640 bits per heavy atom. The van der Waals surface area contributed by atoms with Crippen molar-refractivity contribution >= 4 is 78.4 Å². The van der Waals surface area contributed by atoms with Crippen LogP contribution in [0.1, 0.15) is 20.8 Å². The van der Waals surface area contributed by atoms with E-state index in [0.29, 0.717) is 14.1 Å². The Balaban J connectivity index is 0.000000674. The maximum Gasteiger partial charge on any atom is 0.187 e. The van der Waals surface area contributed by atoms with E-state index >= 15 is 0 Å². The Labute approximate surface area is 330 Å². The molecule has 0 N–H and O–H groups in total. The van der Waals surface area contributed by atoms with Crippen LogP contribution in [0.3, 0.4) is 0 Å². The van der Waals surface area contributed by atoms with Crippen LogP contribution < -0.4 is 14.7 Å². The molecule has 0 radical (unpaired) electrons. The van der Waals surface area contributed by atoms with Gasteiger partial charge in [-0.3, -0.25) is 0 Å². The third-order valence-electron chi connectivity index (χ3n) is 5.77. The number of nitrogens with zero attached hydrogens (tertiary/aromatic N) is 3. The van der Waals surface area contributed by atoms with Gasteiger partial charge < -0.3 is 32.7 Å². The first-order valence-electron chi connectivity index (χ1n) is 16.3. The van der Waals surface area contributed by atoms with E-state index in [1.807, 2.05) is 70.6 Å². The lowest BCUT2D eigenvalue weighted by Gasteiger charge is -2.36. The Kier molecular flexibility index (Phi) is 25.6. The van der Waals surface area contributed by atoms with E-state index < -0.39 is 7.82 Å². The molecule has 0 heterocycles. The van der Waals surface area contributed by atoms with Gasteiger partial charge in [0.25, 0.3) is 0 Å². The first kappa shape index (κ1) is 49.8. The fraction of sp³-hybridized carbons (Fsp3) is 0.500. The molecule has 0 spiro atoms. The van der Waals surface area contributed by atoms with E-state index in [1.54, 1.807) is 0 Å². The Morgan fingerprint density at radius 3 is 0.780 bits per heavy atom. The highest BCUT2D eigenvalue weighted by molar-refractivity contribution is 8.17. The SMILES string of the molecule is CCSC(Sc1ccccc1)[N+](C)(C)C.CCSC(Sc1ccccc1)[N+](C)(C)C.CCSC(Sc1ccccc1)[N+](C)(C)C.O=P([O-])([O-])[O-]. The lowest BCUT2D eigenvalue weighted by molar-refractivity contribution is -0.866. The van der Waals surface area contributed by atoms with Crippen molar-refractivity contribution in [2.24, 2.45) is 0 Å². The van der Waals surface area contributed by atoms with E-state index in [9.17, 15) is 0 Å². The average molecular weight is 822 g/mol. The van der Waals surface area contributed by atoms with Gasteiger partial charge in [-0.1, -0.05) is 146 Å². The summed E-state index contributed by atoms with van der Waals surface area (Å²) in [4.78, 5) is 29.7. The van der Waals surface area contributed by atoms with Crippen molar-refractivity contribution in [2.75, 3.05) is 80.7 Å². The number of benzene rings is 3.